The Labute approximate surface area is 73.4 Å². The normalized spacial score (nSPS) is 30.4. The van der Waals surface area contributed by atoms with Gasteiger partial charge in [0.15, 0.2) is 0 Å². The minimum Gasteiger partial charge on any atom is -0.365 e. The van der Waals surface area contributed by atoms with Gasteiger partial charge in [0, 0.05) is 17.8 Å². The second-order valence-electron chi connectivity index (χ2n) is 3.70. The average Bonchev–Trinajstić information content (AvgIpc) is 2.57. The maximum Gasteiger partial charge on any atom is 0.0182 e. The topological polar surface area (TPSA) is 27.8 Å². The Bertz CT molecular complexity index is 228. The fraction of sp³-hybridized carbons (Fsp3) is 0.600. The van der Waals surface area contributed by atoms with E-state index in [9.17, 15) is 0 Å². The summed E-state index contributed by atoms with van der Waals surface area (Å²) >= 11 is 0. The van der Waals surface area contributed by atoms with Crippen LogP contribution in [0, 0.1) is 5.92 Å². The molecule has 2 rings (SSSR count). The molecule has 1 aromatic heterocycles. The van der Waals surface area contributed by atoms with Crippen LogP contribution in [-0.2, 0) is 0 Å². The molecule has 2 heteroatoms. The molecule has 2 N–H and O–H groups in total. The monoisotopic (exact) mass is 164 g/mol. The first kappa shape index (κ1) is 7.87. The van der Waals surface area contributed by atoms with Gasteiger partial charge in [-0.3, -0.25) is 0 Å². The molecule has 2 nitrogen and oxygen atoms in total. The number of nitrogens with one attached hydrogen (secondary N) is 2. The third kappa shape index (κ3) is 1.39. The summed E-state index contributed by atoms with van der Waals surface area (Å²) in [7, 11) is 0. The molecule has 2 unspecified atom stereocenters. The van der Waals surface area contributed by atoms with Crippen molar-refractivity contribution in [2.75, 3.05) is 13.1 Å². The van der Waals surface area contributed by atoms with Crippen molar-refractivity contribution < 1.29 is 0 Å². The lowest BCUT2D eigenvalue weighted by molar-refractivity contribution is 0.345. The zero-order chi connectivity index (χ0) is 8.39. The first-order chi connectivity index (χ1) is 5.88. The molecular weight excluding hydrogens is 148 g/mol. The van der Waals surface area contributed by atoms with E-state index < -0.39 is 0 Å². The van der Waals surface area contributed by atoms with Crippen molar-refractivity contribution in [2.45, 2.75) is 19.3 Å². The van der Waals surface area contributed by atoms with E-state index in [1.165, 1.54) is 12.1 Å². The Morgan fingerprint density at radius 2 is 2.42 bits per heavy atom. The van der Waals surface area contributed by atoms with Crippen molar-refractivity contribution in [3.05, 3.63) is 24.0 Å². The summed E-state index contributed by atoms with van der Waals surface area (Å²) in [5.74, 6) is 1.50. The molecule has 0 amide bonds. The van der Waals surface area contributed by atoms with Crippen LogP contribution in [0.1, 0.15) is 25.0 Å². The van der Waals surface area contributed by atoms with Crippen LogP contribution in [0.4, 0.5) is 0 Å². The lowest BCUT2D eigenvalue weighted by Gasteiger charge is -2.28. The fourth-order valence-electron chi connectivity index (χ4n) is 2.05. The summed E-state index contributed by atoms with van der Waals surface area (Å²) < 4.78 is 0. The second kappa shape index (κ2) is 3.31. The smallest absolute Gasteiger partial charge is 0.0182 e. The molecule has 0 saturated carbocycles. The quantitative estimate of drug-likeness (QED) is 0.650. The van der Waals surface area contributed by atoms with E-state index in [-0.39, 0.29) is 0 Å². The summed E-state index contributed by atoms with van der Waals surface area (Å²) in [6.07, 6.45) is 3.28. The first-order valence-electron chi connectivity index (χ1n) is 4.72. The minimum atomic E-state index is 0.737. The molecule has 66 valence electrons. The van der Waals surface area contributed by atoms with Crippen LogP contribution in [-0.4, -0.2) is 18.1 Å². The van der Waals surface area contributed by atoms with Crippen LogP contribution in [0.2, 0.25) is 0 Å². The van der Waals surface area contributed by atoms with E-state index in [1.807, 2.05) is 6.20 Å². The van der Waals surface area contributed by atoms with Crippen LogP contribution in [0.3, 0.4) is 0 Å². The van der Waals surface area contributed by atoms with Crippen molar-refractivity contribution in [1.29, 1.82) is 0 Å². The van der Waals surface area contributed by atoms with Crippen LogP contribution in [0.5, 0.6) is 0 Å². The number of H-pyrrole nitrogens is 1. The van der Waals surface area contributed by atoms with Gasteiger partial charge < -0.3 is 10.3 Å². The van der Waals surface area contributed by atoms with Gasteiger partial charge in [-0.1, -0.05) is 6.92 Å². The predicted molar refractivity (Wildman–Crippen MR) is 50.2 cm³/mol. The highest BCUT2D eigenvalue weighted by atomic mass is 14.9. The summed E-state index contributed by atoms with van der Waals surface area (Å²) in [6, 6.07) is 4.29. The Hall–Kier alpha value is -0.760. The van der Waals surface area contributed by atoms with Crippen molar-refractivity contribution >= 4 is 0 Å². The lowest BCUT2D eigenvalue weighted by atomic mass is 9.85. The molecule has 2 atom stereocenters. The molecule has 0 spiro atoms. The Morgan fingerprint density at radius 1 is 1.50 bits per heavy atom. The summed E-state index contributed by atoms with van der Waals surface area (Å²) in [6.45, 7) is 4.63. The number of aromatic amines is 1. The van der Waals surface area contributed by atoms with E-state index in [2.05, 4.69) is 29.4 Å². The molecule has 1 fully saturated rings. The lowest BCUT2D eigenvalue weighted by Crippen LogP contribution is -2.33. The fourth-order valence-corrected chi connectivity index (χ4v) is 2.05. The molecule has 0 aromatic carbocycles. The van der Waals surface area contributed by atoms with Gasteiger partial charge in [0.2, 0.25) is 0 Å². The number of aromatic nitrogens is 1. The highest BCUT2D eigenvalue weighted by Crippen LogP contribution is 2.28. The molecular formula is C10H16N2. The van der Waals surface area contributed by atoms with Gasteiger partial charge in [-0.25, -0.2) is 0 Å². The maximum atomic E-state index is 3.41. The standard InChI is InChI=1S/C10H16N2/c1-8-7-11-6-4-9(8)10-3-2-5-12-10/h2-3,5,8-9,11-12H,4,6-7H2,1H3. The zero-order valence-electron chi connectivity index (χ0n) is 7.51. The first-order valence-corrected chi connectivity index (χ1v) is 4.72. The Morgan fingerprint density at radius 3 is 3.08 bits per heavy atom. The van der Waals surface area contributed by atoms with E-state index in [0.717, 1.165) is 24.9 Å². The van der Waals surface area contributed by atoms with Gasteiger partial charge in [0.1, 0.15) is 0 Å². The minimum absolute atomic E-state index is 0.737. The van der Waals surface area contributed by atoms with Gasteiger partial charge in [-0.15, -0.1) is 0 Å². The number of piperidine rings is 1. The van der Waals surface area contributed by atoms with Crippen molar-refractivity contribution in [3.8, 4) is 0 Å². The van der Waals surface area contributed by atoms with Crippen molar-refractivity contribution in [2.24, 2.45) is 5.92 Å². The predicted octanol–water partition coefficient (Wildman–Crippen LogP) is 1.73. The molecule has 1 aromatic rings. The SMILES string of the molecule is CC1CNCCC1c1ccc[nH]1. The molecule has 2 heterocycles. The number of rotatable bonds is 1. The van der Waals surface area contributed by atoms with E-state index in [4.69, 9.17) is 0 Å². The number of hydrogen-bond acceptors (Lipinski definition) is 1. The summed E-state index contributed by atoms with van der Waals surface area (Å²) in [5, 5.41) is 3.41. The molecule has 0 radical (unpaired) electrons. The van der Waals surface area contributed by atoms with Crippen molar-refractivity contribution in [1.82, 2.24) is 10.3 Å². The zero-order valence-corrected chi connectivity index (χ0v) is 7.51. The Balaban J connectivity index is 2.11. The van der Waals surface area contributed by atoms with Gasteiger partial charge in [0.05, 0.1) is 0 Å². The third-order valence-electron chi connectivity index (χ3n) is 2.81. The number of hydrogen-bond donors (Lipinski definition) is 2. The van der Waals surface area contributed by atoms with E-state index >= 15 is 0 Å². The molecule has 0 bridgehead atoms. The third-order valence-corrected chi connectivity index (χ3v) is 2.81. The largest absolute Gasteiger partial charge is 0.365 e. The van der Waals surface area contributed by atoms with E-state index in [0.29, 0.717) is 0 Å². The molecule has 1 aliphatic rings. The highest BCUT2D eigenvalue weighted by Gasteiger charge is 2.22. The second-order valence-corrected chi connectivity index (χ2v) is 3.70. The average molecular weight is 164 g/mol. The summed E-state index contributed by atoms with van der Waals surface area (Å²) in [4.78, 5) is 3.31. The maximum absolute atomic E-state index is 3.41. The van der Waals surface area contributed by atoms with Gasteiger partial charge in [-0.2, -0.15) is 0 Å². The van der Waals surface area contributed by atoms with Gasteiger partial charge in [0.25, 0.3) is 0 Å². The Kier molecular flexibility index (Phi) is 2.17. The highest BCUT2D eigenvalue weighted by molar-refractivity contribution is 5.12. The summed E-state index contributed by atoms with van der Waals surface area (Å²) in [5.41, 5.74) is 1.41. The molecule has 1 saturated heterocycles. The molecule has 12 heavy (non-hydrogen) atoms. The van der Waals surface area contributed by atoms with Gasteiger partial charge >= 0.3 is 0 Å². The van der Waals surface area contributed by atoms with Crippen LogP contribution < -0.4 is 5.32 Å². The van der Waals surface area contributed by atoms with Gasteiger partial charge in [-0.05, 0) is 37.6 Å². The van der Waals surface area contributed by atoms with Crippen molar-refractivity contribution in [3.63, 3.8) is 0 Å². The van der Waals surface area contributed by atoms with Crippen LogP contribution in [0.25, 0.3) is 0 Å². The molecule has 1 aliphatic heterocycles. The van der Waals surface area contributed by atoms with E-state index in [1.54, 1.807) is 0 Å². The van der Waals surface area contributed by atoms with Crippen LogP contribution >= 0.6 is 0 Å². The van der Waals surface area contributed by atoms with Crippen LogP contribution in [0.15, 0.2) is 18.3 Å². The molecule has 0 aliphatic carbocycles.